The number of rotatable bonds is 1. The monoisotopic (exact) mass is 359 g/mol. The molecule has 2 aliphatic heterocycles. The second-order valence-corrected chi connectivity index (χ2v) is 8.08. The number of hydrogen-bond donors (Lipinski definition) is 1. The van der Waals surface area contributed by atoms with Crippen LogP contribution in [0.1, 0.15) is 53.8 Å². The van der Waals surface area contributed by atoms with Crippen molar-refractivity contribution in [3.05, 3.63) is 17.0 Å². The molecule has 1 atom stereocenters. The van der Waals surface area contributed by atoms with E-state index in [1.165, 1.54) is 12.1 Å². The lowest BCUT2D eigenvalue weighted by atomic mass is 9.86. The average molecular weight is 359 g/mol. The van der Waals surface area contributed by atoms with E-state index >= 15 is 0 Å². The lowest BCUT2D eigenvalue weighted by Crippen LogP contribution is -2.62. The third kappa shape index (κ3) is 2.92. The van der Waals surface area contributed by atoms with Crippen molar-refractivity contribution in [2.75, 3.05) is 33.2 Å². The lowest BCUT2D eigenvalue weighted by molar-refractivity contribution is -0.121. The maximum Gasteiger partial charge on any atom is 0.274 e. The van der Waals surface area contributed by atoms with Crippen LogP contribution in [0.25, 0.3) is 0 Å². The molecule has 26 heavy (non-hydrogen) atoms. The molecule has 2 saturated heterocycles. The molecular formula is C19H29N5O2. The van der Waals surface area contributed by atoms with Crippen molar-refractivity contribution in [3.63, 3.8) is 0 Å². The largest absolute Gasteiger partial charge is 0.356 e. The standard InChI is InChI=1S/C19H29N5O2/c1-22-11-12-24(13-19(22)8-7-16(25)20-10-9-19)18(26)17-14-5-3-4-6-15(14)23(2)21-17/h3-13H2,1-2H3,(H,20,25). The minimum atomic E-state index is -0.109. The number of fused-ring (bicyclic) bond motifs is 1. The number of piperazine rings is 1. The number of aryl methyl sites for hydroxylation is 1. The summed E-state index contributed by atoms with van der Waals surface area (Å²) in [6.07, 6.45) is 6.52. The van der Waals surface area contributed by atoms with Crippen LogP contribution in [0.4, 0.5) is 0 Å². The maximum absolute atomic E-state index is 13.3. The first-order chi connectivity index (χ1) is 12.5. The zero-order chi connectivity index (χ0) is 18.3. The van der Waals surface area contributed by atoms with Gasteiger partial charge in [-0.15, -0.1) is 0 Å². The molecule has 1 aromatic rings. The van der Waals surface area contributed by atoms with Crippen molar-refractivity contribution >= 4 is 11.8 Å². The van der Waals surface area contributed by atoms with Gasteiger partial charge in [-0.1, -0.05) is 0 Å². The number of carbonyl (C=O) groups excluding carboxylic acids is 2. The van der Waals surface area contributed by atoms with E-state index in [2.05, 4.69) is 22.4 Å². The summed E-state index contributed by atoms with van der Waals surface area (Å²) in [5.74, 6) is 0.192. The van der Waals surface area contributed by atoms with Gasteiger partial charge in [0.05, 0.1) is 0 Å². The van der Waals surface area contributed by atoms with E-state index in [0.717, 1.165) is 50.8 Å². The van der Waals surface area contributed by atoms with Gasteiger partial charge in [0.1, 0.15) is 0 Å². The average Bonchev–Trinajstić information content (AvgIpc) is 2.87. The molecule has 142 valence electrons. The van der Waals surface area contributed by atoms with E-state index in [-0.39, 0.29) is 17.4 Å². The predicted octanol–water partition coefficient (Wildman–Crippen LogP) is 0.725. The van der Waals surface area contributed by atoms with E-state index < -0.39 is 0 Å². The molecule has 1 N–H and O–H groups in total. The number of nitrogens with one attached hydrogen (secondary N) is 1. The van der Waals surface area contributed by atoms with E-state index in [1.54, 1.807) is 0 Å². The highest BCUT2D eigenvalue weighted by atomic mass is 16.2. The fourth-order valence-corrected chi connectivity index (χ4v) is 4.86. The minimum absolute atomic E-state index is 0.0692. The summed E-state index contributed by atoms with van der Waals surface area (Å²) in [5.41, 5.74) is 2.94. The molecule has 7 nitrogen and oxygen atoms in total. The number of likely N-dealkylation sites (N-methyl/N-ethyl adjacent to an activating group) is 1. The Hall–Kier alpha value is -1.89. The molecule has 0 bridgehead atoms. The maximum atomic E-state index is 13.3. The Balaban J connectivity index is 1.58. The molecule has 1 spiro atoms. The second kappa shape index (κ2) is 6.68. The Morgan fingerprint density at radius 2 is 1.92 bits per heavy atom. The fraction of sp³-hybridized carbons (Fsp3) is 0.737. The van der Waals surface area contributed by atoms with Gasteiger partial charge < -0.3 is 10.2 Å². The van der Waals surface area contributed by atoms with Crippen LogP contribution in [0.3, 0.4) is 0 Å². The lowest BCUT2D eigenvalue weighted by Gasteiger charge is -2.49. The van der Waals surface area contributed by atoms with Gasteiger partial charge >= 0.3 is 0 Å². The Kier molecular flexibility index (Phi) is 4.50. The molecule has 2 fully saturated rings. The van der Waals surface area contributed by atoms with Gasteiger partial charge in [0, 0.05) is 56.4 Å². The summed E-state index contributed by atoms with van der Waals surface area (Å²) in [5, 5.41) is 7.57. The molecule has 3 aliphatic rings. The van der Waals surface area contributed by atoms with Crippen molar-refractivity contribution < 1.29 is 9.59 Å². The van der Waals surface area contributed by atoms with Crippen LogP contribution in [0.5, 0.6) is 0 Å². The highest BCUT2D eigenvalue weighted by molar-refractivity contribution is 5.94. The predicted molar refractivity (Wildman–Crippen MR) is 98.0 cm³/mol. The molecule has 2 amide bonds. The summed E-state index contributed by atoms with van der Waals surface area (Å²) in [6, 6.07) is 0. The van der Waals surface area contributed by atoms with Gasteiger partial charge in [-0.05, 0) is 45.6 Å². The SMILES string of the molecule is CN1CCN(C(=O)c2nn(C)c3c2CCCC3)CC12CCNC(=O)CC2. The third-order valence-electron chi connectivity index (χ3n) is 6.59. The van der Waals surface area contributed by atoms with Crippen LogP contribution < -0.4 is 5.32 Å². The number of nitrogens with zero attached hydrogens (tertiary/aromatic N) is 4. The van der Waals surface area contributed by atoms with Crippen LogP contribution in [0.15, 0.2) is 0 Å². The van der Waals surface area contributed by atoms with Crippen molar-refractivity contribution in [1.29, 1.82) is 0 Å². The number of hydrogen-bond acceptors (Lipinski definition) is 4. The van der Waals surface area contributed by atoms with Gasteiger partial charge in [-0.25, -0.2) is 0 Å². The number of aromatic nitrogens is 2. The quantitative estimate of drug-likeness (QED) is 0.802. The fourth-order valence-electron chi connectivity index (χ4n) is 4.86. The summed E-state index contributed by atoms with van der Waals surface area (Å²) >= 11 is 0. The second-order valence-electron chi connectivity index (χ2n) is 8.08. The highest BCUT2D eigenvalue weighted by Crippen LogP contribution is 2.32. The van der Waals surface area contributed by atoms with Crippen molar-refractivity contribution in [1.82, 2.24) is 24.9 Å². The zero-order valence-electron chi connectivity index (χ0n) is 15.9. The first kappa shape index (κ1) is 17.5. The van der Waals surface area contributed by atoms with Crippen LogP contribution in [-0.4, -0.2) is 70.2 Å². The Morgan fingerprint density at radius 3 is 2.77 bits per heavy atom. The number of amides is 2. The molecule has 4 rings (SSSR count). The van der Waals surface area contributed by atoms with Gasteiger partial charge in [0.2, 0.25) is 5.91 Å². The Morgan fingerprint density at radius 1 is 1.12 bits per heavy atom. The minimum Gasteiger partial charge on any atom is -0.356 e. The van der Waals surface area contributed by atoms with Crippen molar-refractivity contribution in [2.45, 2.75) is 50.5 Å². The molecule has 3 heterocycles. The smallest absolute Gasteiger partial charge is 0.274 e. The van der Waals surface area contributed by atoms with Gasteiger partial charge in [0.15, 0.2) is 5.69 Å². The molecule has 0 radical (unpaired) electrons. The van der Waals surface area contributed by atoms with Crippen LogP contribution in [-0.2, 0) is 24.7 Å². The summed E-state index contributed by atoms with van der Waals surface area (Å²) in [7, 11) is 4.08. The summed E-state index contributed by atoms with van der Waals surface area (Å²) < 4.78 is 1.90. The molecule has 7 heteroatoms. The van der Waals surface area contributed by atoms with Gasteiger partial charge in [-0.3, -0.25) is 19.2 Å². The molecule has 0 saturated carbocycles. The number of carbonyl (C=O) groups is 2. The van der Waals surface area contributed by atoms with Crippen LogP contribution in [0.2, 0.25) is 0 Å². The topological polar surface area (TPSA) is 70.5 Å². The molecular weight excluding hydrogens is 330 g/mol. The molecule has 1 aliphatic carbocycles. The first-order valence-electron chi connectivity index (χ1n) is 9.82. The van der Waals surface area contributed by atoms with Crippen molar-refractivity contribution in [3.8, 4) is 0 Å². The Labute approximate surface area is 154 Å². The van der Waals surface area contributed by atoms with Crippen LogP contribution >= 0.6 is 0 Å². The first-order valence-corrected chi connectivity index (χ1v) is 9.82. The zero-order valence-corrected chi connectivity index (χ0v) is 15.9. The van der Waals surface area contributed by atoms with E-state index in [0.29, 0.717) is 25.2 Å². The molecule has 1 unspecified atom stereocenters. The summed E-state index contributed by atoms with van der Waals surface area (Å²) in [4.78, 5) is 29.4. The molecule has 1 aromatic heterocycles. The van der Waals surface area contributed by atoms with E-state index in [4.69, 9.17) is 0 Å². The summed E-state index contributed by atoms with van der Waals surface area (Å²) in [6.45, 7) is 2.94. The highest BCUT2D eigenvalue weighted by Gasteiger charge is 2.43. The Bertz CT molecular complexity index is 728. The van der Waals surface area contributed by atoms with E-state index in [9.17, 15) is 9.59 Å². The van der Waals surface area contributed by atoms with Crippen molar-refractivity contribution in [2.24, 2.45) is 7.05 Å². The van der Waals surface area contributed by atoms with Gasteiger partial charge in [-0.2, -0.15) is 5.10 Å². The third-order valence-corrected chi connectivity index (χ3v) is 6.59. The van der Waals surface area contributed by atoms with Gasteiger partial charge in [0.25, 0.3) is 5.91 Å². The molecule has 0 aromatic carbocycles. The van der Waals surface area contributed by atoms with E-state index in [1.807, 2.05) is 16.6 Å². The van der Waals surface area contributed by atoms with Crippen LogP contribution in [0, 0.1) is 0 Å². The normalized spacial score (nSPS) is 27.2.